The number of likely N-dealkylation sites (N-methyl/N-ethyl adjacent to an activating group) is 1. The lowest BCUT2D eigenvalue weighted by molar-refractivity contribution is -0.142. The van der Waals surface area contributed by atoms with Crippen LogP contribution in [0.15, 0.2) is 0 Å². The van der Waals surface area contributed by atoms with Crippen LogP contribution in [0.2, 0.25) is 0 Å². The molecule has 2 aliphatic rings. The van der Waals surface area contributed by atoms with Crippen molar-refractivity contribution in [1.82, 2.24) is 14.7 Å². The number of piperazine rings is 1. The highest BCUT2D eigenvalue weighted by Crippen LogP contribution is 2.32. The lowest BCUT2D eigenvalue weighted by Gasteiger charge is -2.42. The second-order valence-corrected chi connectivity index (χ2v) is 7.87. The van der Waals surface area contributed by atoms with E-state index in [9.17, 15) is 9.59 Å². The predicted molar refractivity (Wildman–Crippen MR) is 106 cm³/mol. The molecule has 0 aromatic heterocycles. The lowest BCUT2D eigenvalue weighted by atomic mass is 9.94. The number of hydrogen-bond acceptors (Lipinski definition) is 3. The molecule has 0 N–H and O–H groups in total. The van der Waals surface area contributed by atoms with Gasteiger partial charge in [0.1, 0.15) is 0 Å². The molecule has 2 fully saturated rings. The molecule has 2 rings (SSSR count). The van der Waals surface area contributed by atoms with Gasteiger partial charge in [-0.05, 0) is 45.4 Å². The van der Waals surface area contributed by atoms with Crippen LogP contribution in [-0.2, 0) is 9.59 Å². The number of nitrogens with zero attached hydrogens (tertiary/aromatic N) is 3. The van der Waals surface area contributed by atoms with Crippen LogP contribution in [-0.4, -0.2) is 71.8 Å². The number of carbonyl (C=O) groups is 2. The molecular weight excluding hydrogens is 326 g/mol. The highest BCUT2D eigenvalue weighted by Gasteiger charge is 2.39. The van der Waals surface area contributed by atoms with Crippen molar-refractivity contribution in [1.29, 1.82) is 0 Å². The quantitative estimate of drug-likeness (QED) is 0.664. The van der Waals surface area contributed by atoms with Gasteiger partial charge in [-0.3, -0.25) is 14.5 Å². The van der Waals surface area contributed by atoms with Crippen LogP contribution in [0.3, 0.4) is 0 Å². The van der Waals surface area contributed by atoms with Gasteiger partial charge < -0.3 is 9.80 Å². The summed E-state index contributed by atoms with van der Waals surface area (Å²) in [7, 11) is 0. The summed E-state index contributed by atoms with van der Waals surface area (Å²) in [6, 6.07) is 0.0165. The number of rotatable bonds is 8. The van der Waals surface area contributed by atoms with Gasteiger partial charge in [0.15, 0.2) is 0 Å². The van der Waals surface area contributed by atoms with Crippen LogP contribution in [0.5, 0.6) is 0 Å². The van der Waals surface area contributed by atoms with E-state index in [1.807, 2.05) is 9.80 Å². The summed E-state index contributed by atoms with van der Waals surface area (Å²) in [6.45, 7) is 13.1. The summed E-state index contributed by atoms with van der Waals surface area (Å²) < 4.78 is 0. The third-order valence-electron chi connectivity index (χ3n) is 6.53. The molecule has 0 spiro atoms. The molecule has 150 valence electrons. The van der Waals surface area contributed by atoms with E-state index in [0.717, 1.165) is 52.1 Å². The molecule has 1 saturated carbocycles. The average molecular weight is 366 g/mol. The average Bonchev–Trinajstić information content (AvgIpc) is 3.18. The highest BCUT2D eigenvalue weighted by molar-refractivity contribution is 5.82. The Labute approximate surface area is 160 Å². The minimum absolute atomic E-state index is 0.0165. The molecule has 0 aromatic carbocycles. The Morgan fingerprint density at radius 1 is 0.923 bits per heavy atom. The summed E-state index contributed by atoms with van der Waals surface area (Å²) in [5.41, 5.74) is 0. The van der Waals surface area contributed by atoms with Crippen LogP contribution in [0.1, 0.15) is 66.2 Å². The normalized spacial score (nSPS) is 20.6. The summed E-state index contributed by atoms with van der Waals surface area (Å²) >= 11 is 0. The smallest absolute Gasteiger partial charge is 0.240 e. The zero-order valence-electron chi connectivity index (χ0n) is 17.4. The third-order valence-corrected chi connectivity index (χ3v) is 6.53. The molecule has 2 amide bonds. The van der Waals surface area contributed by atoms with Crippen molar-refractivity contribution >= 4 is 11.8 Å². The van der Waals surface area contributed by atoms with Gasteiger partial charge in [0, 0.05) is 45.2 Å². The first-order valence-corrected chi connectivity index (χ1v) is 10.9. The first-order chi connectivity index (χ1) is 12.6. The van der Waals surface area contributed by atoms with Crippen molar-refractivity contribution in [2.75, 3.05) is 39.3 Å². The van der Waals surface area contributed by atoms with E-state index in [1.165, 1.54) is 25.7 Å². The highest BCUT2D eigenvalue weighted by atomic mass is 16.2. The summed E-state index contributed by atoms with van der Waals surface area (Å²) in [4.78, 5) is 32.3. The molecule has 0 aromatic rings. The molecule has 0 unspecified atom stereocenters. The van der Waals surface area contributed by atoms with Gasteiger partial charge in [-0.2, -0.15) is 0 Å². The van der Waals surface area contributed by atoms with Crippen LogP contribution in [0.4, 0.5) is 0 Å². The fourth-order valence-electron chi connectivity index (χ4n) is 4.77. The van der Waals surface area contributed by atoms with Gasteiger partial charge in [0.05, 0.1) is 6.04 Å². The number of amides is 2. The molecule has 5 nitrogen and oxygen atoms in total. The summed E-state index contributed by atoms with van der Waals surface area (Å²) in [6.07, 6.45) is 6.68. The van der Waals surface area contributed by atoms with Gasteiger partial charge in [-0.1, -0.05) is 26.7 Å². The predicted octanol–water partition coefficient (Wildman–Crippen LogP) is 2.99. The van der Waals surface area contributed by atoms with E-state index in [4.69, 9.17) is 0 Å². The maximum absolute atomic E-state index is 13.2. The van der Waals surface area contributed by atoms with Crippen molar-refractivity contribution in [2.24, 2.45) is 11.8 Å². The molecule has 5 heteroatoms. The molecule has 1 heterocycles. The van der Waals surface area contributed by atoms with Crippen LogP contribution in [0, 0.1) is 11.8 Å². The van der Waals surface area contributed by atoms with E-state index in [1.54, 1.807) is 0 Å². The van der Waals surface area contributed by atoms with Crippen LogP contribution in [0.25, 0.3) is 0 Å². The van der Waals surface area contributed by atoms with E-state index in [-0.39, 0.29) is 12.0 Å². The van der Waals surface area contributed by atoms with Crippen LogP contribution < -0.4 is 0 Å². The minimum atomic E-state index is 0.0165. The molecule has 0 radical (unpaired) electrons. The van der Waals surface area contributed by atoms with Crippen molar-refractivity contribution in [3.05, 3.63) is 0 Å². The minimum Gasteiger partial charge on any atom is -0.342 e. The maximum Gasteiger partial charge on any atom is 0.240 e. The topological polar surface area (TPSA) is 43.9 Å². The summed E-state index contributed by atoms with van der Waals surface area (Å²) in [5, 5.41) is 0. The fraction of sp³-hybridized carbons (Fsp3) is 0.905. The van der Waals surface area contributed by atoms with Gasteiger partial charge in [0.25, 0.3) is 0 Å². The molecule has 1 atom stereocenters. The zero-order valence-corrected chi connectivity index (χ0v) is 17.4. The Morgan fingerprint density at radius 3 is 1.92 bits per heavy atom. The molecule has 1 aliphatic carbocycles. The Hall–Kier alpha value is -1.10. The molecule has 0 bridgehead atoms. The maximum atomic E-state index is 13.2. The molecule has 26 heavy (non-hydrogen) atoms. The van der Waals surface area contributed by atoms with Crippen LogP contribution >= 0.6 is 0 Å². The van der Waals surface area contributed by atoms with Crippen molar-refractivity contribution in [3.8, 4) is 0 Å². The van der Waals surface area contributed by atoms with E-state index >= 15 is 0 Å². The van der Waals surface area contributed by atoms with Crippen molar-refractivity contribution in [2.45, 2.75) is 72.3 Å². The lowest BCUT2D eigenvalue weighted by Crippen LogP contribution is -2.59. The SMILES string of the molecule is CCC(CC)C(=O)N1CCN([C@@H](C(=O)N(CC)CC)C2CCCC2)CC1. The van der Waals surface area contributed by atoms with Gasteiger partial charge in [-0.15, -0.1) is 0 Å². The fourth-order valence-corrected chi connectivity index (χ4v) is 4.77. The Morgan fingerprint density at radius 2 is 1.46 bits per heavy atom. The Bertz CT molecular complexity index is 446. The van der Waals surface area contributed by atoms with Crippen molar-refractivity contribution in [3.63, 3.8) is 0 Å². The van der Waals surface area contributed by atoms with E-state index in [0.29, 0.717) is 17.7 Å². The van der Waals surface area contributed by atoms with E-state index in [2.05, 4.69) is 32.6 Å². The van der Waals surface area contributed by atoms with Gasteiger partial charge in [0.2, 0.25) is 11.8 Å². The first kappa shape index (κ1) is 21.2. The molecule has 1 aliphatic heterocycles. The van der Waals surface area contributed by atoms with Gasteiger partial charge >= 0.3 is 0 Å². The monoisotopic (exact) mass is 365 g/mol. The molecular formula is C21H39N3O2. The zero-order chi connectivity index (χ0) is 19.1. The van der Waals surface area contributed by atoms with Crippen molar-refractivity contribution < 1.29 is 9.59 Å². The molecule has 1 saturated heterocycles. The largest absolute Gasteiger partial charge is 0.342 e. The Balaban J connectivity index is 2.04. The first-order valence-electron chi connectivity index (χ1n) is 10.9. The number of carbonyl (C=O) groups excluding carboxylic acids is 2. The second-order valence-electron chi connectivity index (χ2n) is 7.87. The number of hydrogen-bond donors (Lipinski definition) is 0. The summed E-state index contributed by atoms with van der Waals surface area (Å²) in [5.74, 6) is 1.26. The Kier molecular flexibility index (Phi) is 8.39. The van der Waals surface area contributed by atoms with E-state index < -0.39 is 0 Å². The standard InChI is InChI=1S/C21H39N3O2/c1-5-17(6-2)20(25)24-15-13-23(14-16-24)19(18-11-9-10-12-18)21(26)22(7-3)8-4/h17-19H,5-16H2,1-4H3/t19-/m1/s1. The second kappa shape index (κ2) is 10.3. The third kappa shape index (κ3) is 4.79. The van der Waals surface area contributed by atoms with Gasteiger partial charge in [-0.25, -0.2) is 0 Å².